The quantitative estimate of drug-likeness (QED) is 0.773. The summed E-state index contributed by atoms with van der Waals surface area (Å²) in [5, 5.41) is 9.69. The number of rotatable bonds is 5. The van der Waals surface area contributed by atoms with Gasteiger partial charge in [-0.2, -0.15) is 0 Å². The van der Waals surface area contributed by atoms with Crippen molar-refractivity contribution in [1.82, 2.24) is 0 Å². The van der Waals surface area contributed by atoms with Crippen molar-refractivity contribution in [3.05, 3.63) is 35.4 Å². The van der Waals surface area contributed by atoms with Crippen molar-refractivity contribution in [3.8, 4) is 0 Å². The van der Waals surface area contributed by atoms with Crippen LogP contribution in [0.5, 0.6) is 0 Å². The first kappa shape index (κ1) is 12.7. The molecule has 16 heavy (non-hydrogen) atoms. The molecule has 0 saturated carbocycles. The Morgan fingerprint density at radius 3 is 2.88 bits per heavy atom. The van der Waals surface area contributed by atoms with Gasteiger partial charge in [-0.15, -0.1) is 0 Å². The minimum atomic E-state index is -0.666. The van der Waals surface area contributed by atoms with E-state index in [0.717, 1.165) is 11.1 Å². The summed E-state index contributed by atoms with van der Waals surface area (Å²) in [5.41, 5.74) is 2.19. The van der Waals surface area contributed by atoms with Gasteiger partial charge in [-0.25, -0.2) is 0 Å². The first-order chi connectivity index (χ1) is 7.61. The molecule has 0 heterocycles. The Kier molecular flexibility index (Phi) is 4.99. The lowest BCUT2D eigenvalue weighted by molar-refractivity contribution is -0.145. The molecule has 1 aromatic rings. The summed E-state index contributed by atoms with van der Waals surface area (Å²) in [6.45, 7) is 4.11. The first-order valence-electron chi connectivity index (χ1n) is 5.51. The number of benzene rings is 1. The molecule has 0 aliphatic carbocycles. The van der Waals surface area contributed by atoms with E-state index in [1.165, 1.54) is 0 Å². The molecule has 3 nitrogen and oxygen atoms in total. The smallest absolute Gasteiger partial charge is 0.308 e. The molecule has 0 bridgehead atoms. The largest absolute Gasteiger partial charge is 0.466 e. The molecule has 1 atom stereocenters. The highest BCUT2D eigenvalue weighted by Crippen LogP contribution is 2.09. The van der Waals surface area contributed by atoms with Gasteiger partial charge in [0.2, 0.25) is 0 Å². The summed E-state index contributed by atoms with van der Waals surface area (Å²) in [6, 6.07) is 7.90. The van der Waals surface area contributed by atoms with E-state index in [1.54, 1.807) is 6.92 Å². The normalized spacial score (nSPS) is 12.2. The molecule has 88 valence electrons. The summed E-state index contributed by atoms with van der Waals surface area (Å²) >= 11 is 0. The summed E-state index contributed by atoms with van der Waals surface area (Å²) < 4.78 is 4.78. The molecule has 0 radical (unpaired) electrons. The molecular weight excluding hydrogens is 204 g/mol. The molecule has 0 aliphatic heterocycles. The van der Waals surface area contributed by atoms with Crippen molar-refractivity contribution >= 4 is 5.97 Å². The van der Waals surface area contributed by atoms with E-state index in [2.05, 4.69) is 0 Å². The van der Waals surface area contributed by atoms with Crippen LogP contribution in [-0.2, 0) is 16.0 Å². The van der Waals surface area contributed by atoms with E-state index in [-0.39, 0.29) is 12.4 Å². The van der Waals surface area contributed by atoms with E-state index in [9.17, 15) is 9.90 Å². The maximum absolute atomic E-state index is 11.1. The number of carbonyl (C=O) groups excluding carboxylic acids is 1. The molecule has 0 aliphatic rings. The second-order valence-electron chi connectivity index (χ2n) is 3.86. The van der Waals surface area contributed by atoms with Crippen molar-refractivity contribution in [2.75, 3.05) is 6.61 Å². The predicted molar refractivity (Wildman–Crippen MR) is 62.1 cm³/mol. The summed E-state index contributed by atoms with van der Waals surface area (Å²) in [6.07, 6.45) is -0.122. The number of hydrogen-bond acceptors (Lipinski definition) is 3. The fourth-order valence-corrected chi connectivity index (χ4v) is 1.60. The van der Waals surface area contributed by atoms with Gasteiger partial charge >= 0.3 is 5.97 Å². The lowest BCUT2D eigenvalue weighted by Crippen LogP contribution is -2.18. The van der Waals surface area contributed by atoms with Crippen molar-refractivity contribution in [2.24, 2.45) is 0 Å². The molecule has 3 heteroatoms. The van der Waals surface area contributed by atoms with Crippen molar-refractivity contribution < 1.29 is 14.6 Å². The second kappa shape index (κ2) is 6.28. The number of aliphatic hydroxyl groups excluding tert-OH is 1. The topological polar surface area (TPSA) is 46.5 Å². The monoisotopic (exact) mass is 222 g/mol. The molecule has 0 spiro atoms. The van der Waals surface area contributed by atoms with Crippen LogP contribution >= 0.6 is 0 Å². The third-order valence-corrected chi connectivity index (χ3v) is 2.26. The number of hydrogen-bond donors (Lipinski definition) is 1. The van der Waals surface area contributed by atoms with Gasteiger partial charge in [0, 0.05) is 0 Å². The lowest BCUT2D eigenvalue weighted by atomic mass is 10.0. The van der Waals surface area contributed by atoms with Crippen LogP contribution in [0.4, 0.5) is 0 Å². The van der Waals surface area contributed by atoms with Gasteiger partial charge in [0.05, 0.1) is 19.1 Å². The molecule has 0 unspecified atom stereocenters. The van der Waals surface area contributed by atoms with Crippen LogP contribution in [0.3, 0.4) is 0 Å². The summed E-state index contributed by atoms with van der Waals surface area (Å²) in [4.78, 5) is 11.1. The van der Waals surface area contributed by atoms with Crippen LogP contribution in [0, 0.1) is 6.92 Å². The van der Waals surface area contributed by atoms with Crippen LogP contribution < -0.4 is 0 Å². The van der Waals surface area contributed by atoms with E-state index in [1.807, 2.05) is 31.2 Å². The Morgan fingerprint density at radius 1 is 1.50 bits per heavy atom. The minimum absolute atomic E-state index is 0.0573. The van der Waals surface area contributed by atoms with Crippen LogP contribution in [0.1, 0.15) is 24.5 Å². The molecule has 0 aromatic heterocycles. The number of aryl methyl sites for hydroxylation is 1. The number of aliphatic hydroxyl groups is 1. The Balaban J connectivity index is 2.45. The van der Waals surface area contributed by atoms with Gasteiger partial charge < -0.3 is 9.84 Å². The van der Waals surface area contributed by atoms with E-state index in [4.69, 9.17) is 4.74 Å². The number of esters is 1. The van der Waals surface area contributed by atoms with Gasteiger partial charge in [0.25, 0.3) is 0 Å². The maximum atomic E-state index is 11.1. The first-order valence-corrected chi connectivity index (χ1v) is 5.51. The van der Waals surface area contributed by atoms with Crippen LogP contribution in [0.2, 0.25) is 0 Å². The standard InChI is InChI=1S/C13H18O3/c1-3-16-13(15)9-12(14)8-11-6-4-5-10(2)7-11/h4-7,12,14H,3,8-9H2,1-2H3/t12-/m0/s1. The Bertz CT molecular complexity index is 347. The highest BCUT2D eigenvalue weighted by molar-refractivity contribution is 5.69. The van der Waals surface area contributed by atoms with Gasteiger partial charge in [0.15, 0.2) is 0 Å². The van der Waals surface area contributed by atoms with Crippen molar-refractivity contribution in [2.45, 2.75) is 32.8 Å². The van der Waals surface area contributed by atoms with Gasteiger partial charge in [0.1, 0.15) is 0 Å². The van der Waals surface area contributed by atoms with E-state index >= 15 is 0 Å². The highest BCUT2D eigenvalue weighted by Gasteiger charge is 2.12. The highest BCUT2D eigenvalue weighted by atomic mass is 16.5. The maximum Gasteiger partial charge on any atom is 0.308 e. The SMILES string of the molecule is CCOC(=O)C[C@@H](O)Cc1cccc(C)c1. The molecule has 0 saturated heterocycles. The number of ether oxygens (including phenoxy) is 1. The Hall–Kier alpha value is -1.35. The number of carbonyl (C=O) groups is 1. The summed E-state index contributed by atoms with van der Waals surface area (Å²) in [5.74, 6) is -0.345. The molecule has 0 fully saturated rings. The average molecular weight is 222 g/mol. The molecule has 0 amide bonds. The van der Waals surface area contributed by atoms with Crippen molar-refractivity contribution in [3.63, 3.8) is 0 Å². The second-order valence-corrected chi connectivity index (χ2v) is 3.86. The van der Waals surface area contributed by atoms with Crippen LogP contribution in [0.15, 0.2) is 24.3 Å². The predicted octanol–water partition coefficient (Wildman–Crippen LogP) is 1.85. The Labute approximate surface area is 96.1 Å². The molecule has 1 N–H and O–H groups in total. The average Bonchev–Trinajstić information content (AvgIpc) is 2.17. The van der Waals surface area contributed by atoms with Gasteiger partial charge in [-0.05, 0) is 25.8 Å². The van der Waals surface area contributed by atoms with E-state index < -0.39 is 6.10 Å². The lowest BCUT2D eigenvalue weighted by Gasteiger charge is -2.10. The zero-order valence-corrected chi connectivity index (χ0v) is 9.77. The van der Waals surface area contributed by atoms with E-state index in [0.29, 0.717) is 13.0 Å². The third-order valence-electron chi connectivity index (χ3n) is 2.26. The Morgan fingerprint density at radius 2 is 2.25 bits per heavy atom. The van der Waals surface area contributed by atoms with Gasteiger partial charge in [-0.3, -0.25) is 4.79 Å². The van der Waals surface area contributed by atoms with Crippen LogP contribution in [-0.4, -0.2) is 23.8 Å². The van der Waals surface area contributed by atoms with Gasteiger partial charge in [-0.1, -0.05) is 29.8 Å². The molecule has 1 aromatic carbocycles. The van der Waals surface area contributed by atoms with Crippen LogP contribution in [0.25, 0.3) is 0 Å². The van der Waals surface area contributed by atoms with Crippen molar-refractivity contribution in [1.29, 1.82) is 0 Å². The minimum Gasteiger partial charge on any atom is -0.466 e. The summed E-state index contributed by atoms with van der Waals surface area (Å²) in [7, 11) is 0. The fraction of sp³-hybridized carbons (Fsp3) is 0.462. The fourth-order valence-electron chi connectivity index (χ4n) is 1.60. The third kappa shape index (κ3) is 4.45. The molecular formula is C13H18O3. The zero-order valence-electron chi connectivity index (χ0n) is 9.77. The zero-order chi connectivity index (χ0) is 12.0. The molecule has 1 rings (SSSR count).